The molecule has 0 radical (unpaired) electrons. The molecule has 4 heteroatoms. The van der Waals surface area contributed by atoms with E-state index in [1.54, 1.807) is 18.6 Å². The Hall–Kier alpha value is -3.53. The van der Waals surface area contributed by atoms with Crippen LogP contribution in [0, 0.1) is 0 Å². The number of aromatic nitrogens is 3. The lowest BCUT2D eigenvalue weighted by molar-refractivity contribution is 0.655. The van der Waals surface area contributed by atoms with Crippen LogP contribution in [0.5, 0.6) is 0 Å². The van der Waals surface area contributed by atoms with Gasteiger partial charge in [-0.05, 0) is 53.6 Å². The van der Waals surface area contributed by atoms with Crippen LogP contribution < -0.4 is 0 Å². The van der Waals surface area contributed by atoms with Crippen LogP contribution in [-0.4, -0.2) is 15.0 Å². The van der Waals surface area contributed by atoms with Crippen LogP contribution in [0.2, 0.25) is 0 Å². The highest BCUT2D eigenvalue weighted by atomic mass is 16.3. The molecule has 0 aliphatic heterocycles. The van der Waals surface area contributed by atoms with Gasteiger partial charge in [0.05, 0.1) is 5.69 Å². The average molecular weight is 323 g/mol. The van der Waals surface area contributed by atoms with Gasteiger partial charge in [-0.25, -0.2) is 4.98 Å². The first kappa shape index (κ1) is 13.9. The van der Waals surface area contributed by atoms with E-state index in [2.05, 4.69) is 27.1 Å². The fourth-order valence-electron chi connectivity index (χ4n) is 3.14. The number of furan rings is 1. The molecule has 0 atom stereocenters. The summed E-state index contributed by atoms with van der Waals surface area (Å²) in [5.74, 6) is 0. The molecule has 5 aromatic rings. The summed E-state index contributed by atoms with van der Waals surface area (Å²) in [6, 6.07) is 18.1. The minimum Gasteiger partial charge on any atom is -0.437 e. The Kier molecular flexibility index (Phi) is 3.07. The molecule has 1 aromatic carbocycles. The molecule has 0 saturated carbocycles. The van der Waals surface area contributed by atoms with Crippen molar-refractivity contribution in [2.75, 3.05) is 0 Å². The number of para-hydroxylation sites is 1. The first-order valence-corrected chi connectivity index (χ1v) is 8.03. The van der Waals surface area contributed by atoms with Gasteiger partial charge in [0.2, 0.25) is 5.71 Å². The number of fused-ring (bicyclic) bond motifs is 3. The zero-order chi connectivity index (χ0) is 16.6. The average Bonchev–Trinajstić information content (AvgIpc) is 3.07. The normalized spacial score (nSPS) is 11.2. The molecule has 0 spiro atoms. The van der Waals surface area contributed by atoms with Gasteiger partial charge in [-0.2, -0.15) is 0 Å². The topological polar surface area (TPSA) is 51.8 Å². The second-order valence-electron chi connectivity index (χ2n) is 5.81. The van der Waals surface area contributed by atoms with Crippen LogP contribution in [0.1, 0.15) is 0 Å². The third-order valence-electron chi connectivity index (χ3n) is 4.32. The standard InChI is InChI=1S/C21H13N3O/c1-3-16-17-5-2-9-24-21(17)25-20(16)18(4-1)19-13-15(8-12-23-19)14-6-10-22-11-7-14/h1-13H. The highest BCUT2D eigenvalue weighted by Crippen LogP contribution is 2.35. The Bertz CT molecular complexity index is 1200. The minimum atomic E-state index is 0.648. The third-order valence-corrected chi connectivity index (χ3v) is 4.32. The van der Waals surface area contributed by atoms with E-state index in [9.17, 15) is 0 Å². The molecule has 0 amide bonds. The summed E-state index contributed by atoms with van der Waals surface area (Å²) < 4.78 is 6.02. The Balaban J connectivity index is 1.74. The van der Waals surface area contributed by atoms with Crippen LogP contribution in [-0.2, 0) is 0 Å². The van der Waals surface area contributed by atoms with E-state index in [4.69, 9.17) is 4.42 Å². The van der Waals surface area contributed by atoms with Crippen molar-refractivity contribution in [1.82, 2.24) is 15.0 Å². The Morgan fingerprint density at radius 1 is 0.680 bits per heavy atom. The zero-order valence-corrected chi connectivity index (χ0v) is 13.3. The number of benzene rings is 1. The lowest BCUT2D eigenvalue weighted by atomic mass is 10.0. The lowest BCUT2D eigenvalue weighted by Crippen LogP contribution is -1.86. The van der Waals surface area contributed by atoms with E-state index in [1.807, 2.05) is 48.7 Å². The van der Waals surface area contributed by atoms with Crippen molar-refractivity contribution in [3.8, 4) is 22.4 Å². The van der Waals surface area contributed by atoms with Gasteiger partial charge in [-0.1, -0.05) is 12.1 Å². The molecular weight excluding hydrogens is 310 g/mol. The van der Waals surface area contributed by atoms with E-state index >= 15 is 0 Å². The van der Waals surface area contributed by atoms with E-state index in [0.29, 0.717) is 5.71 Å². The third kappa shape index (κ3) is 2.27. The van der Waals surface area contributed by atoms with Gasteiger partial charge in [-0.15, -0.1) is 0 Å². The minimum absolute atomic E-state index is 0.648. The Morgan fingerprint density at radius 3 is 2.44 bits per heavy atom. The van der Waals surface area contributed by atoms with E-state index < -0.39 is 0 Å². The summed E-state index contributed by atoms with van der Waals surface area (Å²) >= 11 is 0. The Labute approximate surface area is 143 Å². The van der Waals surface area contributed by atoms with Crippen LogP contribution in [0.15, 0.2) is 83.8 Å². The number of hydrogen-bond donors (Lipinski definition) is 0. The summed E-state index contributed by atoms with van der Waals surface area (Å²) in [4.78, 5) is 13.0. The van der Waals surface area contributed by atoms with Crippen molar-refractivity contribution < 1.29 is 4.42 Å². The first-order valence-electron chi connectivity index (χ1n) is 8.03. The van der Waals surface area contributed by atoms with Gasteiger partial charge in [0, 0.05) is 41.1 Å². The summed E-state index contributed by atoms with van der Waals surface area (Å²) in [5, 5.41) is 2.07. The highest BCUT2D eigenvalue weighted by molar-refractivity contribution is 6.08. The zero-order valence-electron chi connectivity index (χ0n) is 13.3. The van der Waals surface area contributed by atoms with Gasteiger partial charge in [0.25, 0.3) is 0 Å². The maximum Gasteiger partial charge on any atom is 0.227 e. The lowest BCUT2D eigenvalue weighted by Gasteiger charge is -2.05. The van der Waals surface area contributed by atoms with Gasteiger partial charge >= 0.3 is 0 Å². The maximum absolute atomic E-state index is 6.02. The van der Waals surface area contributed by atoms with Crippen LogP contribution >= 0.6 is 0 Å². The first-order chi connectivity index (χ1) is 12.4. The molecule has 118 valence electrons. The highest BCUT2D eigenvalue weighted by Gasteiger charge is 2.13. The summed E-state index contributed by atoms with van der Waals surface area (Å²) in [6.07, 6.45) is 7.15. The van der Waals surface area contributed by atoms with Gasteiger partial charge in [0.1, 0.15) is 5.58 Å². The molecule has 25 heavy (non-hydrogen) atoms. The molecular formula is C21H13N3O. The summed E-state index contributed by atoms with van der Waals surface area (Å²) in [5.41, 5.74) is 5.51. The molecule has 5 rings (SSSR count). The van der Waals surface area contributed by atoms with Crippen LogP contribution in [0.25, 0.3) is 44.5 Å². The molecule has 0 saturated heterocycles. The number of hydrogen-bond acceptors (Lipinski definition) is 4. The van der Waals surface area contributed by atoms with Crippen molar-refractivity contribution in [3.63, 3.8) is 0 Å². The molecule has 4 aromatic heterocycles. The quantitative estimate of drug-likeness (QED) is 0.453. The second-order valence-corrected chi connectivity index (χ2v) is 5.81. The largest absolute Gasteiger partial charge is 0.437 e. The molecule has 4 nitrogen and oxygen atoms in total. The number of nitrogens with zero attached hydrogens (tertiary/aromatic N) is 3. The fourth-order valence-corrected chi connectivity index (χ4v) is 3.14. The monoisotopic (exact) mass is 323 g/mol. The summed E-state index contributed by atoms with van der Waals surface area (Å²) in [6.45, 7) is 0. The molecule has 0 N–H and O–H groups in total. The van der Waals surface area contributed by atoms with E-state index in [1.165, 1.54) is 0 Å². The van der Waals surface area contributed by atoms with Crippen LogP contribution in [0.3, 0.4) is 0 Å². The summed E-state index contributed by atoms with van der Waals surface area (Å²) in [7, 11) is 0. The van der Waals surface area contributed by atoms with Gasteiger partial charge in [-0.3, -0.25) is 9.97 Å². The van der Waals surface area contributed by atoms with Gasteiger partial charge in [0.15, 0.2) is 0 Å². The second kappa shape index (κ2) is 5.53. The predicted molar refractivity (Wildman–Crippen MR) is 98.0 cm³/mol. The number of pyridine rings is 3. The van der Waals surface area contributed by atoms with E-state index in [0.717, 1.165) is 38.7 Å². The van der Waals surface area contributed by atoms with Crippen molar-refractivity contribution in [1.29, 1.82) is 0 Å². The van der Waals surface area contributed by atoms with E-state index in [-0.39, 0.29) is 0 Å². The predicted octanol–water partition coefficient (Wildman–Crippen LogP) is 5.11. The Morgan fingerprint density at radius 2 is 1.52 bits per heavy atom. The van der Waals surface area contributed by atoms with Gasteiger partial charge < -0.3 is 4.42 Å². The molecule has 0 aliphatic carbocycles. The molecule has 4 heterocycles. The SMILES string of the molecule is c1cnc2oc3c(-c4cc(-c5ccncc5)ccn4)cccc3c2c1. The smallest absolute Gasteiger partial charge is 0.227 e. The van der Waals surface area contributed by atoms with Crippen molar-refractivity contribution in [2.24, 2.45) is 0 Å². The van der Waals surface area contributed by atoms with Crippen molar-refractivity contribution in [3.05, 3.63) is 79.4 Å². The van der Waals surface area contributed by atoms with Crippen molar-refractivity contribution >= 4 is 22.1 Å². The molecule has 0 bridgehead atoms. The fraction of sp³-hybridized carbons (Fsp3) is 0. The molecule has 0 aliphatic rings. The molecule has 0 unspecified atom stereocenters. The molecule has 0 fully saturated rings. The van der Waals surface area contributed by atoms with Crippen molar-refractivity contribution in [2.45, 2.75) is 0 Å². The van der Waals surface area contributed by atoms with Crippen LogP contribution in [0.4, 0.5) is 0 Å². The number of rotatable bonds is 2. The maximum atomic E-state index is 6.02.